The smallest absolute Gasteiger partial charge is 0.273 e. The highest BCUT2D eigenvalue weighted by Crippen LogP contribution is 2.28. The van der Waals surface area contributed by atoms with Crippen LogP contribution in [0.5, 0.6) is 5.75 Å². The number of benzene rings is 2. The molecule has 0 heterocycles. The molecule has 0 bridgehead atoms. The summed E-state index contributed by atoms with van der Waals surface area (Å²) in [5.41, 5.74) is 2.43. The van der Waals surface area contributed by atoms with Crippen LogP contribution in [0.1, 0.15) is 16.7 Å². The zero-order valence-electron chi connectivity index (χ0n) is 14.6. The Morgan fingerprint density at radius 2 is 2.00 bits per heavy atom. The molecular formula is C19H17BrCl2N2O3. The molecule has 8 heteroatoms. The van der Waals surface area contributed by atoms with E-state index in [1.807, 2.05) is 30.3 Å². The van der Waals surface area contributed by atoms with Gasteiger partial charge in [0.25, 0.3) is 5.91 Å². The standard InChI is InChI=1S/C19H17BrCl2N2O3/c1-23-19(25)18(24-26-2)14-6-4-3-5-13(14)11-27-16-8-7-12(9-15(16)20)10-17(21)22/h3-10H,11H2,1-2H3,(H,23,25)/b24-18+. The van der Waals surface area contributed by atoms with E-state index in [0.717, 1.165) is 15.6 Å². The lowest BCUT2D eigenvalue weighted by Crippen LogP contribution is -2.29. The molecule has 0 saturated heterocycles. The lowest BCUT2D eigenvalue weighted by Gasteiger charge is -2.13. The van der Waals surface area contributed by atoms with E-state index in [-0.39, 0.29) is 22.7 Å². The Morgan fingerprint density at radius 1 is 1.26 bits per heavy atom. The van der Waals surface area contributed by atoms with Gasteiger partial charge in [0.1, 0.15) is 24.0 Å². The number of carbonyl (C=O) groups excluding carboxylic acids is 1. The highest BCUT2D eigenvalue weighted by Gasteiger charge is 2.17. The molecule has 1 N–H and O–H groups in total. The van der Waals surface area contributed by atoms with E-state index >= 15 is 0 Å². The normalized spacial score (nSPS) is 10.9. The van der Waals surface area contributed by atoms with Crippen LogP contribution in [0.3, 0.4) is 0 Å². The van der Waals surface area contributed by atoms with Gasteiger partial charge in [0.05, 0.1) is 4.47 Å². The molecule has 27 heavy (non-hydrogen) atoms. The summed E-state index contributed by atoms with van der Waals surface area (Å²) < 4.78 is 6.82. The Labute approximate surface area is 176 Å². The van der Waals surface area contributed by atoms with Crippen molar-refractivity contribution in [2.75, 3.05) is 14.2 Å². The minimum absolute atomic E-state index is 0.170. The number of hydrogen-bond donors (Lipinski definition) is 1. The summed E-state index contributed by atoms with van der Waals surface area (Å²) in [6.07, 6.45) is 1.63. The van der Waals surface area contributed by atoms with Gasteiger partial charge in [0.15, 0.2) is 5.71 Å². The second-order valence-corrected chi connectivity index (χ2v) is 7.13. The van der Waals surface area contributed by atoms with Crippen molar-refractivity contribution < 1.29 is 14.4 Å². The minimum atomic E-state index is -0.348. The van der Waals surface area contributed by atoms with Crippen molar-refractivity contribution in [2.24, 2.45) is 5.16 Å². The van der Waals surface area contributed by atoms with Crippen LogP contribution in [-0.4, -0.2) is 25.8 Å². The summed E-state index contributed by atoms with van der Waals surface area (Å²) in [5.74, 6) is 0.289. The number of amides is 1. The lowest BCUT2D eigenvalue weighted by atomic mass is 10.0. The van der Waals surface area contributed by atoms with Crippen LogP contribution in [0.4, 0.5) is 0 Å². The number of oxime groups is 1. The molecule has 0 unspecified atom stereocenters. The molecule has 1 amide bonds. The fraction of sp³-hybridized carbons (Fsp3) is 0.158. The van der Waals surface area contributed by atoms with Crippen LogP contribution < -0.4 is 10.1 Å². The molecule has 2 rings (SSSR count). The average Bonchev–Trinajstić information content (AvgIpc) is 2.65. The number of likely N-dealkylation sites (N-methyl/N-ethyl adjacent to an activating group) is 1. The van der Waals surface area contributed by atoms with Crippen molar-refractivity contribution in [1.29, 1.82) is 0 Å². The van der Waals surface area contributed by atoms with Crippen LogP contribution in [0.25, 0.3) is 6.08 Å². The number of hydrogen-bond acceptors (Lipinski definition) is 4. The molecule has 0 aliphatic heterocycles. The Hall–Kier alpha value is -2.02. The van der Waals surface area contributed by atoms with Gasteiger partial charge in [-0.3, -0.25) is 4.79 Å². The SMILES string of the molecule is CNC(=O)/C(=N/OC)c1ccccc1COc1ccc(C=C(Cl)Cl)cc1Br. The van der Waals surface area contributed by atoms with Crippen LogP contribution in [0, 0.1) is 0 Å². The number of nitrogens with one attached hydrogen (secondary N) is 1. The van der Waals surface area contributed by atoms with E-state index in [4.69, 9.17) is 32.8 Å². The Balaban J connectivity index is 2.26. The number of ether oxygens (including phenoxy) is 1. The maximum atomic E-state index is 12.1. The molecule has 0 atom stereocenters. The second kappa shape index (κ2) is 10.3. The molecule has 0 aliphatic rings. The predicted molar refractivity (Wildman–Crippen MR) is 112 cm³/mol. The third-order valence-corrected chi connectivity index (χ3v) is 4.35. The van der Waals surface area contributed by atoms with Gasteiger partial charge in [0.2, 0.25) is 0 Å². The zero-order chi connectivity index (χ0) is 19.8. The minimum Gasteiger partial charge on any atom is -0.488 e. The summed E-state index contributed by atoms with van der Waals surface area (Å²) in [4.78, 5) is 16.9. The molecule has 142 valence electrons. The Bertz CT molecular complexity index is 881. The maximum Gasteiger partial charge on any atom is 0.273 e. The molecule has 0 saturated carbocycles. The molecule has 2 aromatic rings. The summed E-state index contributed by atoms with van der Waals surface area (Å²) in [6, 6.07) is 12.8. The van der Waals surface area contributed by atoms with Gasteiger partial charge in [-0.15, -0.1) is 0 Å². The molecular weight excluding hydrogens is 455 g/mol. The number of nitrogens with zero attached hydrogens (tertiary/aromatic N) is 1. The van der Waals surface area contributed by atoms with E-state index in [1.54, 1.807) is 18.2 Å². The van der Waals surface area contributed by atoms with Gasteiger partial charge >= 0.3 is 0 Å². The van der Waals surface area contributed by atoms with Crippen molar-refractivity contribution in [1.82, 2.24) is 5.32 Å². The molecule has 2 aromatic carbocycles. The van der Waals surface area contributed by atoms with Gasteiger partial charge < -0.3 is 14.9 Å². The molecule has 5 nitrogen and oxygen atoms in total. The Morgan fingerprint density at radius 3 is 2.63 bits per heavy atom. The number of halogens is 3. The monoisotopic (exact) mass is 470 g/mol. The van der Waals surface area contributed by atoms with Gasteiger partial charge in [0, 0.05) is 12.6 Å². The fourth-order valence-corrected chi connectivity index (χ4v) is 3.07. The van der Waals surface area contributed by atoms with Crippen LogP contribution in [0.2, 0.25) is 0 Å². The summed E-state index contributed by atoms with van der Waals surface area (Å²) in [7, 11) is 2.93. The van der Waals surface area contributed by atoms with Crippen molar-refractivity contribution in [3.8, 4) is 5.75 Å². The van der Waals surface area contributed by atoms with Crippen molar-refractivity contribution in [3.05, 3.63) is 68.1 Å². The van der Waals surface area contributed by atoms with E-state index in [2.05, 4.69) is 26.4 Å². The quantitative estimate of drug-likeness (QED) is 0.461. The van der Waals surface area contributed by atoms with E-state index < -0.39 is 0 Å². The van der Waals surface area contributed by atoms with E-state index in [9.17, 15) is 4.79 Å². The van der Waals surface area contributed by atoms with Crippen LogP contribution in [-0.2, 0) is 16.2 Å². The van der Waals surface area contributed by atoms with Crippen molar-refractivity contribution in [3.63, 3.8) is 0 Å². The first-order valence-corrected chi connectivity index (χ1v) is 9.37. The number of carbonyl (C=O) groups is 1. The predicted octanol–water partition coefficient (Wildman–Crippen LogP) is 4.90. The summed E-state index contributed by atoms with van der Waals surface area (Å²) in [6.45, 7) is 0.236. The van der Waals surface area contributed by atoms with Gasteiger partial charge in [-0.2, -0.15) is 0 Å². The molecule has 0 radical (unpaired) electrons. The largest absolute Gasteiger partial charge is 0.488 e. The van der Waals surface area contributed by atoms with Crippen molar-refractivity contribution >= 4 is 56.8 Å². The third kappa shape index (κ3) is 5.99. The molecule has 0 fully saturated rings. The average molecular weight is 472 g/mol. The van der Waals surface area contributed by atoms with Gasteiger partial charge in [-0.1, -0.05) is 58.7 Å². The maximum absolute atomic E-state index is 12.1. The Kier molecular flexibility index (Phi) is 8.16. The molecule has 0 aromatic heterocycles. The third-order valence-electron chi connectivity index (χ3n) is 3.51. The highest BCUT2D eigenvalue weighted by molar-refractivity contribution is 9.10. The first kappa shape index (κ1) is 21.3. The lowest BCUT2D eigenvalue weighted by molar-refractivity contribution is -0.114. The topological polar surface area (TPSA) is 59.9 Å². The second-order valence-electron chi connectivity index (χ2n) is 5.27. The molecule has 0 spiro atoms. The van der Waals surface area contributed by atoms with Crippen LogP contribution in [0.15, 0.2) is 56.6 Å². The van der Waals surface area contributed by atoms with Crippen molar-refractivity contribution in [2.45, 2.75) is 6.61 Å². The fourth-order valence-electron chi connectivity index (χ4n) is 2.31. The van der Waals surface area contributed by atoms with Gasteiger partial charge in [-0.05, 0) is 45.3 Å². The zero-order valence-corrected chi connectivity index (χ0v) is 17.7. The van der Waals surface area contributed by atoms with E-state index in [1.165, 1.54) is 14.2 Å². The van der Waals surface area contributed by atoms with Crippen LogP contribution >= 0.6 is 39.1 Å². The molecule has 0 aliphatic carbocycles. The summed E-state index contributed by atoms with van der Waals surface area (Å²) in [5, 5.41) is 6.40. The van der Waals surface area contributed by atoms with Gasteiger partial charge in [-0.25, -0.2) is 0 Å². The first-order valence-electron chi connectivity index (χ1n) is 7.82. The summed E-state index contributed by atoms with van der Waals surface area (Å²) >= 11 is 14.8. The first-order chi connectivity index (χ1) is 13.0. The highest BCUT2D eigenvalue weighted by atomic mass is 79.9. The van der Waals surface area contributed by atoms with E-state index in [0.29, 0.717) is 11.3 Å². The number of rotatable bonds is 7.